The molecule has 0 unspecified atom stereocenters. The van der Waals surface area contributed by atoms with Crippen molar-refractivity contribution in [3.05, 3.63) is 32.9 Å². The Hall–Kier alpha value is -0.0900. The predicted octanol–water partition coefficient (Wildman–Crippen LogP) is 2.62. The molecule has 60 valence electrons. The highest BCUT2D eigenvalue weighted by molar-refractivity contribution is 14.1. The van der Waals surface area contributed by atoms with E-state index in [1.807, 2.05) is 6.92 Å². The first-order valence-corrected chi connectivity index (χ1v) is 4.71. The normalized spacial score (nSPS) is 13.1. The van der Waals surface area contributed by atoms with Gasteiger partial charge in [-0.3, -0.25) is 0 Å². The van der Waals surface area contributed by atoms with Crippen LogP contribution in [-0.4, -0.2) is 0 Å². The van der Waals surface area contributed by atoms with E-state index in [1.165, 1.54) is 14.7 Å². The van der Waals surface area contributed by atoms with Gasteiger partial charge in [0.1, 0.15) is 0 Å². The van der Waals surface area contributed by atoms with Gasteiger partial charge in [0.05, 0.1) is 0 Å². The standard InChI is InChI=1S/C9H12IN/c1-6-3-4-8(10)5-9(6)7(2)11/h3-5,7H,11H2,1-2H3/t7-/m0/s1. The van der Waals surface area contributed by atoms with Crippen LogP contribution in [0.1, 0.15) is 24.1 Å². The van der Waals surface area contributed by atoms with Gasteiger partial charge in [0.2, 0.25) is 0 Å². The molecule has 0 saturated heterocycles. The maximum absolute atomic E-state index is 5.78. The summed E-state index contributed by atoms with van der Waals surface area (Å²) in [4.78, 5) is 0. The maximum Gasteiger partial charge on any atom is 0.0269 e. The molecule has 0 heterocycles. The van der Waals surface area contributed by atoms with Gasteiger partial charge in [-0.05, 0) is 59.7 Å². The molecule has 1 rings (SSSR count). The molecular formula is C9H12IN. The molecule has 2 heteroatoms. The van der Waals surface area contributed by atoms with E-state index in [1.54, 1.807) is 0 Å². The SMILES string of the molecule is Cc1ccc(I)cc1[C@H](C)N. The van der Waals surface area contributed by atoms with Gasteiger partial charge < -0.3 is 5.73 Å². The van der Waals surface area contributed by atoms with E-state index < -0.39 is 0 Å². The van der Waals surface area contributed by atoms with Crippen LogP contribution in [-0.2, 0) is 0 Å². The van der Waals surface area contributed by atoms with Gasteiger partial charge in [-0.2, -0.15) is 0 Å². The van der Waals surface area contributed by atoms with Crippen molar-refractivity contribution in [3.8, 4) is 0 Å². The highest BCUT2D eigenvalue weighted by Gasteiger charge is 2.02. The zero-order valence-electron chi connectivity index (χ0n) is 6.76. The second-order valence-electron chi connectivity index (χ2n) is 2.79. The monoisotopic (exact) mass is 261 g/mol. The van der Waals surface area contributed by atoms with Gasteiger partial charge >= 0.3 is 0 Å². The molecule has 11 heavy (non-hydrogen) atoms. The Kier molecular flexibility index (Phi) is 2.90. The minimum atomic E-state index is 0.143. The summed E-state index contributed by atoms with van der Waals surface area (Å²) < 4.78 is 1.25. The second kappa shape index (κ2) is 3.54. The van der Waals surface area contributed by atoms with Crippen LogP contribution in [0.3, 0.4) is 0 Å². The van der Waals surface area contributed by atoms with Crippen LogP contribution in [0.25, 0.3) is 0 Å². The van der Waals surface area contributed by atoms with E-state index in [4.69, 9.17) is 5.73 Å². The van der Waals surface area contributed by atoms with Crippen LogP contribution in [0, 0.1) is 10.5 Å². The third kappa shape index (κ3) is 2.17. The Labute approximate surface area is 81.1 Å². The Morgan fingerprint density at radius 1 is 1.45 bits per heavy atom. The number of hydrogen-bond acceptors (Lipinski definition) is 1. The van der Waals surface area contributed by atoms with Crippen LogP contribution in [0.15, 0.2) is 18.2 Å². The van der Waals surface area contributed by atoms with E-state index >= 15 is 0 Å². The summed E-state index contributed by atoms with van der Waals surface area (Å²) in [5.74, 6) is 0. The molecule has 1 nitrogen and oxygen atoms in total. The molecule has 0 spiro atoms. The fourth-order valence-electron chi connectivity index (χ4n) is 1.10. The lowest BCUT2D eigenvalue weighted by Crippen LogP contribution is -2.06. The third-order valence-corrected chi connectivity index (χ3v) is 2.40. The smallest absolute Gasteiger partial charge is 0.0269 e. The fourth-order valence-corrected chi connectivity index (χ4v) is 1.62. The zero-order chi connectivity index (χ0) is 8.43. The molecule has 2 N–H and O–H groups in total. The molecule has 1 aromatic carbocycles. The number of hydrogen-bond donors (Lipinski definition) is 1. The number of benzene rings is 1. The Morgan fingerprint density at radius 3 is 2.55 bits per heavy atom. The molecule has 1 atom stereocenters. The van der Waals surface area contributed by atoms with Gasteiger partial charge in [-0.15, -0.1) is 0 Å². The van der Waals surface area contributed by atoms with Crippen molar-refractivity contribution in [3.63, 3.8) is 0 Å². The van der Waals surface area contributed by atoms with Crippen LogP contribution < -0.4 is 5.73 Å². The van der Waals surface area contributed by atoms with Crippen LogP contribution in [0.5, 0.6) is 0 Å². The second-order valence-corrected chi connectivity index (χ2v) is 4.04. The zero-order valence-corrected chi connectivity index (χ0v) is 8.92. The van der Waals surface area contributed by atoms with Gasteiger partial charge in [0, 0.05) is 9.61 Å². The van der Waals surface area contributed by atoms with Crippen molar-refractivity contribution in [2.75, 3.05) is 0 Å². The first-order valence-electron chi connectivity index (χ1n) is 3.63. The molecule has 0 aliphatic carbocycles. The first kappa shape index (κ1) is 9.00. The van der Waals surface area contributed by atoms with Crippen LogP contribution >= 0.6 is 22.6 Å². The lowest BCUT2D eigenvalue weighted by atomic mass is 10.0. The first-order chi connectivity index (χ1) is 5.11. The molecule has 0 aliphatic heterocycles. The highest BCUT2D eigenvalue weighted by atomic mass is 127. The minimum absolute atomic E-state index is 0.143. The lowest BCUT2D eigenvalue weighted by Gasteiger charge is -2.09. The molecule has 0 saturated carbocycles. The molecule has 0 radical (unpaired) electrons. The van der Waals surface area contributed by atoms with E-state index in [0.29, 0.717) is 0 Å². The van der Waals surface area contributed by atoms with Crippen molar-refractivity contribution < 1.29 is 0 Å². The molecule has 0 fully saturated rings. The largest absolute Gasteiger partial charge is 0.324 e. The lowest BCUT2D eigenvalue weighted by molar-refractivity contribution is 0.809. The number of aryl methyl sites for hydroxylation is 1. The summed E-state index contributed by atoms with van der Waals surface area (Å²) in [6, 6.07) is 6.49. The van der Waals surface area contributed by atoms with Crippen LogP contribution in [0.4, 0.5) is 0 Å². The Morgan fingerprint density at radius 2 is 2.09 bits per heavy atom. The van der Waals surface area contributed by atoms with E-state index in [2.05, 4.69) is 47.7 Å². The van der Waals surface area contributed by atoms with Crippen LogP contribution in [0.2, 0.25) is 0 Å². The van der Waals surface area contributed by atoms with Gasteiger partial charge in [0.25, 0.3) is 0 Å². The quantitative estimate of drug-likeness (QED) is 0.772. The van der Waals surface area contributed by atoms with E-state index in [9.17, 15) is 0 Å². The summed E-state index contributed by atoms with van der Waals surface area (Å²) in [7, 11) is 0. The van der Waals surface area contributed by atoms with Gasteiger partial charge in [-0.25, -0.2) is 0 Å². The summed E-state index contributed by atoms with van der Waals surface area (Å²) in [5, 5.41) is 0. The molecule has 0 bridgehead atoms. The predicted molar refractivity (Wildman–Crippen MR) is 56.5 cm³/mol. The summed E-state index contributed by atoms with van der Waals surface area (Å²) in [5.41, 5.74) is 8.31. The Bertz CT molecular complexity index is 256. The summed E-state index contributed by atoms with van der Waals surface area (Å²) in [6.45, 7) is 4.10. The van der Waals surface area contributed by atoms with Crippen molar-refractivity contribution in [1.29, 1.82) is 0 Å². The van der Waals surface area contributed by atoms with Crippen molar-refractivity contribution in [2.45, 2.75) is 19.9 Å². The topological polar surface area (TPSA) is 26.0 Å². The maximum atomic E-state index is 5.78. The number of rotatable bonds is 1. The minimum Gasteiger partial charge on any atom is -0.324 e. The molecule has 0 aromatic heterocycles. The molecule has 0 aliphatic rings. The number of nitrogens with two attached hydrogens (primary N) is 1. The molecular weight excluding hydrogens is 249 g/mol. The average Bonchev–Trinajstić information content (AvgIpc) is 1.94. The van der Waals surface area contributed by atoms with Crippen molar-refractivity contribution in [1.82, 2.24) is 0 Å². The summed E-state index contributed by atoms with van der Waals surface area (Å²) >= 11 is 2.30. The third-order valence-electron chi connectivity index (χ3n) is 1.73. The number of halogens is 1. The molecule has 1 aromatic rings. The van der Waals surface area contributed by atoms with E-state index in [0.717, 1.165) is 0 Å². The average molecular weight is 261 g/mol. The fraction of sp³-hybridized carbons (Fsp3) is 0.333. The van der Waals surface area contributed by atoms with E-state index in [-0.39, 0.29) is 6.04 Å². The van der Waals surface area contributed by atoms with Crippen molar-refractivity contribution >= 4 is 22.6 Å². The van der Waals surface area contributed by atoms with Gasteiger partial charge in [-0.1, -0.05) is 6.07 Å². The highest BCUT2D eigenvalue weighted by Crippen LogP contribution is 2.17. The van der Waals surface area contributed by atoms with Crippen molar-refractivity contribution in [2.24, 2.45) is 5.73 Å². The summed E-state index contributed by atoms with van der Waals surface area (Å²) in [6.07, 6.45) is 0. The Balaban J connectivity index is 3.13. The van der Waals surface area contributed by atoms with Gasteiger partial charge in [0.15, 0.2) is 0 Å². The molecule has 0 amide bonds.